The topological polar surface area (TPSA) is 146 Å². The van der Waals surface area contributed by atoms with Crippen molar-refractivity contribution < 1.29 is 52.5 Å². The minimum absolute atomic E-state index is 0.0241. The van der Waals surface area contributed by atoms with Crippen molar-refractivity contribution in [3.05, 3.63) is 46.2 Å². The van der Waals surface area contributed by atoms with Gasteiger partial charge in [-0.3, -0.25) is 4.79 Å². The maximum absolute atomic E-state index is 10.6. The second-order valence-electron chi connectivity index (χ2n) is 15.3. The molecule has 0 unspecified atom stereocenters. The third kappa shape index (κ3) is 20.4. The highest BCUT2D eigenvalue weighted by Gasteiger charge is 2.24. The fraction of sp³-hybridized carbons (Fsp3) is 0.622. The van der Waals surface area contributed by atoms with Crippen LogP contribution in [0.25, 0.3) is 29.3 Å². The zero-order chi connectivity index (χ0) is 45.2. The first-order valence-corrected chi connectivity index (χ1v) is 25.6. The van der Waals surface area contributed by atoms with Crippen molar-refractivity contribution in [3.8, 4) is 40.8 Å². The highest BCUT2D eigenvalue weighted by molar-refractivity contribution is 7.99. The van der Waals surface area contributed by atoms with Gasteiger partial charge in [-0.15, -0.1) is 57.1 Å². The van der Waals surface area contributed by atoms with Crippen LogP contribution in [0.15, 0.2) is 36.4 Å². The Hall–Kier alpha value is -2.10. The Bertz CT molecular complexity index is 1790. The van der Waals surface area contributed by atoms with Gasteiger partial charge in [-0.25, -0.2) is 0 Å². The smallest absolute Gasteiger partial charge is 0.313 e. The van der Waals surface area contributed by atoms with Gasteiger partial charge < -0.3 is 53.5 Å². The van der Waals surface area contributed by atoms with Crippen LogP contribution < -0.4 is 15.2 Å². The minimum atomic E-state index is -0.812. The molecule has 0 atom stereocenters. The summed E-state index contributed by atoms with van der Waals surface area (Å²) in [4.78, 5) is 20.1. The first kappa shape index (κ1) is 54.2. The third-order valence-electron chi connectivity index (χ3n) is 8.32. The molecule has 0 saturated carbocycles. The van der Waals surface area contributed by atoms with E-state index in [0.29, 0.717) is 105 Å². The molecule has 350 valence electrons. The van der Waals surface area contributed by atoms with Crippen LogP contribution in [-0.2, 0) is 48.8 Å². The second-order valence-corrected chi connectivity index (χ2v) is 20.7. The van der Waals surface area contributed by atoms with Crippen LogP contribution in [0.5, 0.6) is 11.5 Å². The molecule has 4 aromatic heterocycles. The summed E-state index contributed by atoms with van der Waals surface area (Å²) in [5.41, 5.74) is 5.34. The normalized spacial score (nSPS) is 11.8. The molecule has 0 aliphatic rings. The van der Waals surface area contributed by atoms with E-state index in [-0.39, 0.29) is 23.3 Å². The lowest BCUT2D eigenvalue weighted by molar-refractivity contribution is -0.133. The average Bonchev–Trinajstić information content (AvgIpc) is 4.06. The zero-order valence-corrected chi connectivity index (χ0v) is 41.9. The number of ether oxygens (including phenoxy) is 9. The van der Waals surface area contributed by atoms with E-state index in [4.69, 9.17) is 53.5 Å². The molecule has 62 heavy (non-hydrogen) atoms. The maximum Gasteiger partial charge on any atom is 0.313 e. The molecule has 4 rings (SSSR count). The average molecular weight is 960 g/mol. The molecule has 0 fully saturated rings. The van der Waals surface area contributed by atoms with Crippen molar-refractivity contribution in [2.24, 2.45) is 5.73 Å². The van der Waals surface area contributed by atoms with E-state index < -0.39 is 5.97 Å². The molecule has 0 aliphatic heterocycles. The first-order valence-electron chi connectivity index (χ1n) is 21.2. The van der Waals surface area contributed by atoms with E-state index in [1.54, 1.807) is 34.0 Å². The zero-order valence-electron chi connectivity index (χ0n) is 37.8. The molecule has 0 amide bonds. The maximum atomic E-state index is 10.6. The summed E-state index contributed by atoms with van der Waals surface area (Å²) >= 11 is 8.46. The number of thioether (sulfide) groups is 1. The van der Waals surface area contributed by atoms with Crippen molar-refractivity contribution in [2.45, 2.75) is 66.2 Å². The molecular formula is C45H69NO11S5. The van der Waals surface area contributed by atoms with E-state index in [1.165, 1.54) is 31.3 Å². The van der Waals surface area contributed by atoms with Crippen LogP contribution in [0.1, 0.15) is 65.1 Å². The van der Waals surface area contributed by atoms with Gasteiger partial charge in [0.25, 0.3) is 0 Å². The lowest BCUT2D eigenvalue weighted by Crippen LogP contribution is -2.14. The molecule has 0 spiro atoms. The van der Waals surface area contributed by atoms with Gasteiger partial charge in [-0.1, -0.05) is 55.4 Å². The summed E-state index contributed by atoms with van der Waals surface area (Å²) in [7, 11) is 0. The number of aliphatic carboxylic acids is 1. The predicted octanol–water partition coefficient (Wildman–Crippen LogP) is 10.2. The van der Waals surface area contributed by atoms with E-state index in [1.807, 2.05) is 25.2 Å². The van der Waals surface area contributed by atoms with Gasteiger partial charge in [0.2, 0.25) is 0 Å². The summed E-state index contributed by atoms with van der Waals surface area (Å²) in [5.74, 6) is 1.66. The van der Waals surface area contributed by atoms with E-state index in [9.17, 15) is 4.79 Å². The van der Waals surface area contributed by atoms with E-state index in [0.717, 1.165) is 31.0 Å². The Morgan fingerprint density at radius 3 is 1.47 bits per heavy atom. The Kier molecular flexibility index (Phi) is 26.4. The Labute approximate surface area is 389 Å². The lowest BCUT2D eigenvalue weighted by Gasteiger charge is -2.15. The van der Waals surface area contributed by atoms with Gasteiger partial charge in [0.1, 0.15) is 24.7 Å². The van der Waals surface area contributed by atoms with Gasteiger partial charge in [0, 0.05) is 41.1 Å². The molecule has 3 N–H and O–H groups in total. The van der Waals surface area contributed by atoms with Gasteiger partial charge in [-0.2, -0.15) is 0 Å². The largest absolute Gasteiger partial charge is 0.490 e. The number of hydrogen-bond acceptors (Lipinski definition) is 16. The fourth-order valence-corrected chi connectivity index (χ4v) is 10.4. The summed E-state index contributed by atoms with van der Waals surface area (Å²) in [6, 6.07) is 13.2. The van der Waals surface area contributed by atoms with Crippen LogP contribution >= 0.6 is 57.1 Å². The molecule has 17 heteroatoms. The number of carboxylic acid groups (broad SMARTS) is 1. The number of carboxylic acids is 1. The Morgan fingerprint density at radius 2 is 0.968 bits per heavy atom. The molecule has 0 radical (unpaired) electrons. The number of rotatable bonds is 32. The van der Waals surface area contributed by atoms with Gasteiger partial charge in [-0.05, 0) is 41.2 Å². The van der Waals surface area contributed by atoms with Gasteiger partial charge in [0.15, 0.2) is 0 Å². The SMILES string of the molecule is CC.CC(C)(C)c1ccc(-c2sc(-c3ccc(-c4sc(C(C)(C)C)cc4OCCOCCOCCOCCSCC(=O)O)s3)cc2OCCOCCOCCOCCOCN)s1. The van der Waals surface area contributed by atoms with Crippen LogP contribution in [0.3, 0.4) is 0 Å². The summed E-state index contributed by atoms with van der Waals surface area (Å²) < 4.78 is 51.5. The Balaban J connectivity index is 0.00000504. The van der Waals surface area contributed by atoms with Crippen LogP contribution in [0, 0.1) is 0 Å². The van der Waals surface area contributed by atoms with Gasteiger partial charge in [0.05, 0.1) is 108 Å². The molecule has 12 nitrogen and oxygen atoms in total. The standard InChI is InChI=1S/C43H63NO11S5.C2H6/c1-42(2,3)37-10-9-35(58-37)40-31(54-23-21-50-15-13-47-11-12-49-19-20-53-30-44)27-36(59-40)33-7-8-34(57-33)41-32(28-38(60-41)43(4,5)6)55-24-22-51-16-14-48-17-18-52-25-26-56-29-39(45)46;1-2/h7-10,27-28H,11-26,29-30,44H2,1-6H3,(H,45,46);1-2H3. The highest BCUT2D eigenvalue weighted by atomic mass is 32.2. The third-order valence-corrected chi connectivity index (χ3v) is 15.0. The van der Waals surface area contributed by atoms with Crippen molar-refractivity contribution in [1.82, 2.24) is 0 Å². The van der Waals surface area contributed by atoms with E-state index in [2.05, 4.69) is 77.9 Å². The minimum Gasteiger partial charge on any atom is -0.490 e. The number of nitrogens with two attached hydrogens (primary N) is 1. The van der Waals surface area contributed by atoms with E-state index >= 15 is 0 Å². The predicted molar refractivity (Wildman–Crippen MR) is 259 cm³/mol. The monoisotopic (exact) mass is 959 g/mol. The second kappa shape index (κ2) is 30.2. The number of carbonyl (C=O) groups is 1. The van der Waals surface area contributed by atoms with Gasteiger partial charge >= 0.3 is 5.97 Å². The van der Waals surface area contributed by atoms with Crippen LogP contribution in [0.2, 0.25) is 0 Å². The molecule has 4 heterocycles. The first-order chi connectivity index (χ1) is 29.9. The molecule has 0 saturated heterocycles. The molecule has 0 aliphatic carbocycles. The van der Waals surface area contributed by atoms with Crippen molar-refractivity contribution >= 4 is 63.1 Å². The summed E-state index contributed by atoms with van der Waals surface area (Å²) in [6.07, 6.45) is 0. The number of thiophene rings is 4. The molecule has 0 aromatic carbocycles. The quantitative estimate of drug-likeness (QED) is 0.0354. The van der Waals surface area contributed by atoms with Crippen molar-refractivity contribution in [3.63, 3.8) is 0 Å². The molecular weight excluding hydrogens is 891 g/mol. The summed E-state index contributed by atoms with van der Waals surface area (Å²) in [5, 5.41) is 8.68. The highest BCUT2D eigenvalue weighted by Crippen LogP contribution is 2.51. The van der Waals surface area contributed by atoms with Crippen LogP contribution in [0.4, 0.5) is 0 Å². The Morgan fingerprint density at radius 1 is 0.532 bits per heavy atom. The lowest BCUT2D eigenvalue weighted by atomic mass is 9.95. The molecule has 0 bridgehead atoms. The fourth-order valence-electron chi connectivity index (χ4n) is 5.24. The summed E-state index contributed by atoms with van der Waals surface area (Å²) in [6.45, 7) is 24.6. The van der Waals surface area contributed by atoms with Crippen molar-refractivity contribution in [1.29, 1.82) is 0 Å². The van der Waals surface area contributed by atoms with Crippen LogP contribution in [-0.4, -0.2) is 128 Å². The number of hydrogen-bond donors (Lipinski definition) is 2. The van der Waals surface area contributed by atoms with Crippen molar-refractivity contribution in [2.75, 3.05) is 117 Å². The molecule has 4 aromatic rings.